The second-order valence-electron chi connectivity index (χ2n) is 6.66. The summed E-state index contributed by atoms with van der Waals surface area (Å²) in [6.45, 7) is 3.25. The summed E-state index contributed by atoms with van der Waals surface area (Å²) in [7, 11) is 0. The number of rotatable bonds is 8. The Labute approximate surface area is 108 Å². The average Bonchev–Trinajstić information content (AvgIpc) is 2.94. The maximum absolute atomic E-state index is 6.12. The van der Waals surface area contributed by atoms with E-state index < -0.39 is 0 Å². The van der Waals surface area contributed by atoms with Gasteiger partial charge in [-0.3, -0.25) is 0 Å². The first-order valence-electron chi connectivity index (χ1n) is 8.01. The molecule has 17 heavy (non-hydrogen) atoms. The van der Waals surface area contributed by atoms with Crippen molar-refractivity contribution in [2.45, 2.75) is 77.6 Å². The molecular formula is C16H31N. The fraction of sp³-hybridized carbons (Fsp3) is 1.00. The quantitative estimate of drug-likeness (QED) is 0.618. The summed E-state index contributed by atoms with van der Waals surface area (Å²) in [5, 5.41) is 0. The maximum Gasteiger partial charge on any atom is -0.00178 e. The van der Waals surface area contributed by atoms with Crippen molar-refractivity contribution in [3.8, 4) is 0 Å². The smallest absolute Gasteiger partial charge is 0.00178 e. The van der Waals surface area contributed by atoms with Crippen LogP contribution in [0.15, 0.2) is 0 Å². The number of nitrogens with two attached hydrogens (primary N) is 1. The molecule has 2 N–H and O–H groups in total. The Morgan fingerprint density at radius 1 is 1.06 bits per heavy atom. The summed E-state index contributed by atoms with van der Waals surface area (Å²) in [6, 6.07) is 0. The SMILES string of the molecule is CCCCCCCCC1(CN)CC2CCC1C2. The van der Waals surface area contributed by atoms with E-state index >= 15 is 0 Å². The first-order valence-corrected chi connectivity index (χ1v) is 8.01. The third-order valence-corrected chi connectivity index (χ3v) is 5.54. The van der Waals surface area contributed by atoms with Crippen LogP contribution in [0, 0.1) is 17.3 Å². The van der Waals surface area contributed by atoms with Crippen LogP contribution in [0.5, 0.6) is 0 Å². The second-order valence-corrected chi connectivity index (χ2v) is 6.66. The van der Waals surface area contributed by atoms with Crippen molar-refractivity contribution in [2.75, 3.05) is 6.54 Å². The van der Waals surface area contributed by atoms with E-state index in [0.717, 1.165) is 18.4 Å². The molecule has 0 saturated heterocycles. The van der Waals surface area contributed by atoms with Crippen molar-refractivity contribution in [3.63, 3.8) is 0 Å². The van der Waals surface area contributed by atoms with Gasteiger partial charge in [0.05, 0.1) is 0 Å². The van der Waals surface area contributed by atoms with Gasteiger partial charge in [0.25, 0.3) is 0 Å². The van der Waals surface area contributed by atoms with Crippen molar-refractivity contribution >= 4 is 0 Å². The lowest BCUT2D eigenvalue weighted by atomic mass is 9.70. The van der Waals surface area contributed by atoms with Crippen LogP contribution in [0.25, 0.3) is 0 Å². The highest BCUT2D eigenvalue weighted by molar-refractivity contribution is 5.00. The van der Waals surface area contributed by atoms with Crippen molar-refractivity contribution in [2.24, 2.45) is 23.0 Å². The lowest BCUT2D eigenvalue weighted by Gasteiger charge is -2.37. The summed E-state index contributed by atoms with van der Waals surface area (Å²) in [5.41, 5.74) is 6.69. The van der Waals surface area contributed by atoms with Gasteiger partial charge in [0.1, 0.15) is 0 Å². The minimum Gasteiger partial charge on any atom is -0.330 e. The van der Waals surface area contributed by atoms with Gasteiger partial charge in [0, 0.05) is 0 Å². The van der Waals surface area contributed by atoms with Crippen LogP contribution >= 0.6 is 0 Å². The first kappa shape index (κ1) is 13.4. The maximum atomic E-state index is 6.12. The van der Waals surface area contributed by atoms with E-state index in [1.165, 1.54) is 70.6 Å². The Bertz CT molecular complexity index is 226. The van der Waals surface area contributed by atoms with Crippen LogP contribution in [0.3, 0.4) is 0 Å². The number of unbranched alkanes of at least 4 members (excludes halogenated alkanes) is 5. The van der Waals surface area contributed by atoms with Crippen LogP contribution in [0.1, 0.15) is 77.6 Å². The first-order chi connectivity index (χ1) is 8.30. The zero-order valence-electron chi connectivity index (χ0n) is 11.7. The Hall–Kier alpha value is -0.0400. The van der Waals surface area contributed by atoms with Gasteiger partial charge in [-0.15, -0.1) is 0 Å². The zero-order valence-corrected chi connectivity index (χ0v) is 11.7. The molecule has 2 bridgehead atoms. The molecule has 3 unspecified atom stereocenters. The molecule has 2 aliphatic rings. The Balaban J connectivity index is 1.66. The van der Waals surface area contributed by atoms with E-state index in [0.29, 0.717) is 5.41 Å². The van der Waals surface area contributed by atoms with Gasteiger partial charge in [-0.05, 0) is 49.5 Å². The molecule has 1 nitrogen and oxygen atoms in total. The molecular weight excluding hydrogens is 206 g/mol. The zero-order chi connectivity index (χ0) is 12.1. The van der Waals surface area contributed by atoms with Crippen molar-refractivity contribution in [1.82, 2.24) is 0 Å². The van der Waals surface area contributed by atoms with Crippen LogP contribution in [-0.4, -0.2) is 6.54 Å². The lowest BCUT2D eigenvalue weighted by Crippen LogP contribution is -2.35. The van der Waals surface area contributed by atoms with E-state index in [1.54, 1.807) is 0 Å². The topological polar surface area (TPSA) is 26.0 Å². The van der Waals surface area contributed by atoms with Crippen molar-refractivity contribution < 1.29 is 0 Å². The molecule has 2 aliphatic carbocycles. The summed E-state index contributed by atoms with van der Waals surface area (Å²) in [4.78, 5) is 0. The van der Waals surface area contributed by atoms with Crippen LogP contribution in [0.4, 0.5) is 0 Å². The van der Waals surface area contributed by atoms with Crippen molar-refractivity contribution in [3.05, 3.63) is 0 Å². The van der Waals surface area contributed by atoms with E-state index in [2.05, 4.69) is 6.92 Å². The van der Waals surface area contributed by atoms with Crippen LogP contribution in [-0.2, 0) is 0 Å². The lowest BCUT2D eigenvalue weighted by molar-refractivity contribution is 0.152. The van der Waals surface area contributed by atoms with Gasteiger partial charge in [0.15, 0.2) is 0 Å². The third kappa shape index (κ3) is 3.05. The Kier molecular flexibility index (Phi) is 4.90. The Morgan fingerprint density at radius 3 is 2.41 bits per heavy atom. The fourth-order valence-corrected chi connectivity index (χ4v) is 4.47. The summed E-state index contributed by atoms with van der Waals surface area (Å²) >= 11 is 0. The summed E-state index contributed by atoms with van der Waals surface area (Å²) < 4.78 is 0. The molecule has 0 radical (unpaired) electrons. The molecule has 2 rings (SSSR count). The molecule has 0 aromatic heterocycles. The average molecular weight is 237 g/mol. The molecule has 2 fully saturated rings. The number of hydrogen-bond acceptors (Lipinski definition) is 1. The van der Waals surface area contributed by atoms with Gasteiger partial charge in [-0.1, -0.05) is 51.9 Å². The monoisotopic (exact) mass is 237 g/mol. The molecule has 100 valence electrons. The van der Waals surface area contributed by atoms with E-state index in [-0.39, 0.29) is 0 Å². The van der Waals surface area contributed by atoms with Gasteiger partial charge < -0.3 is 5.73 Å². The number of fused-ring (bicyclic) bond motifs is 2. The van der Waals surface area contributed by atoms with Crippen LogP contribution < -0.4 is 5.73 Å². The van der Waals surface area contributed by atoms with Crippen LogP contribution in [0.2, 0.25) is 0 Å². The predicted octanol–water partition coefficient (Wildman–Crippen LogP) is 4.50. The molecule has 3 atom stereocenters. The predicted molar refractivity (Wildman–Crippen MR) is 74.9 cm³/mol. The van der Waals surface area contributed by atoms with Crippen molar-refractivity contribution in [1.29, 1.82) is 0 Å². The second kappa shape index (κ2) is 6.22. The summed E-state index contributed by atoms with van der Waals surface area (Å²) in [6.07, 6.45) is 15.9. The molecule has 0 aromatic rings. The molecule has 0 spiro atoms. The molecule has 0 aromatic carbocycles. The molecule has 2 saturated carbocycles. The van der Waals surface area contributed by atoms with Gasteiger partial charge >= 0.3 is 0 Å². The standard InChI is InChI=1S/C16H31N/c1-2-3-4-5-6-7-10-16(13-17)12-14-8-9-15(16)11-14/h14-15H,2-13,17H2,1H3. The highest BCUT2D eigenvalue weighted by atomic mass is 14.7. The molecule has 0 heterocycles. The van der Waals surface area contributed by atoms with Gasteiger partial charge in [-0.2, -0.15) is 0 Å². The molecule has 0 amide bonds. The van der Waals surface area contributed by atoms with E-state index in [4.69, 9.17) is 5.73 Å². The normalized spacial score (nSPS) is 35.6. The van der Waals surface area contributed by atoms with Gasteiger partial charge in [-0.25, -0.2) is 0 Å². The Morgan fingerprint density at radius 2 is 1.82 bits per heavy atom. The van der Waals surface area contributed by atoms with Gasteiger partial charge in [0.2, 0.25) is 0 Å². The van der Waals surface area contributed by atoms with E-state index in [9.17, 15) is 0 Å². The third-order valence-electron chi connectivity index (χ3n) is 5.54. The fourth-order valence-electron chi connectivity index (χ4n) is 4.47. The molecule has 1 heteroatoms. The van der Waals surface area contributed by atoms with E-state index in [1.807, 2.05) is 0 Å². The highest BCUT2D eigenvalue weighted by Crippen LogP contribution is 2.57. The largest absolute Gasteiger partial charge is 0.330 e. The summed E-state index contributed by atoms with van der Waals surface area (Å²) in [5.74, 6) is 2.04. The minimum atomic E-state index is 0.577. The molecule has 0 aliphatic heterocycles. The number of hydrogen-bond donors (Lipinski definition) is 1. The minimum absolute atomic E-state index is 0.577. The highest BCUT2D eigenvalue weighted by Gasteiger charge is 2.49.